The van der Waals surface area contributed by atoms with Crippen molar-refractivity contribution in [3.05, 3.63) is 32.5 Å². The van der Waals surface area contributed by atoms with Crippen molar-refractivity contribution in [3.8, 4) is 0 Å². The zero-order valence-corrected chi connectivity index (χ0v) is 8.21. The number of rotatable bonds is 1. The van der Waals surface area contributed by atoms with E-state index in [0.717, 1.165) is 6.07 Å². The Morgan fingerprint density at radius 1 is 1.31 bits per heavy atom. The summed E-state index contributed by atoms with van der Waals surface area (Å²) in [7, 11) is 0. The lowest BCUT2D eigenvalue weighted by molar-refractivity contribution is 0.0692. The van der Waals surface area contributed by atoms with Gasteiger partial charge in [0.2, 0.25) is 0 Å². The van der Waals surface area contributed by atoms with Gasteiger partial charge in [-0.15, -0.1) is 0 Å². The first-order chi connectivity index (χ1) is 5.95. The van der Waals surface area contributed by atoms with E-state index in [0.29, 0.717) is 0 Å². The zero-order valence-electron chi connectivity index (χ0n) is 5.94. The van der Waals surface area contributed by atoms with E-state index in [1.165, 1.54) is 0 Å². The summed E-state index contributed by atoms with van der Waals surface area (Å²) >= 11 is 16.3. The fraction of sp³-hybridized carbons (Fsp3) is 0. The summed E-state index contributed by atoms with van der Waals surface area (Å²) in [5, 5.41) is 7.74. The smallest absolute Gasteiger partial charge is 0.340 e. The van der Waals surface area contributed by atoms with E-state index in [-0.39, 0.29) is 15.1 Å². The summed E-state index contributed by atoms with van der Waals surface area (Å²) in [5.74, 6) is -2.59. The Morgan fingerprint density at radius 2 is 1.85 bits per heavy atom. The molecule has 0 bridgehead atoms. The largest absolute Gasteiger partial charge is 0.478 e. The van der Waals surface area contributed by atoms with Gasteiger partial charge in [0, 0.05) is 0 Å². The molecule has 0 aliphatic carbocycles. The summed E-state index contributed by atoms with van der Waals surface area (Å²) in [5.41, 5.74) is -0.709. The van der Waals surface area contributed by atoms with Crippen LogP contribution < -0.4 is 0 Å². The quantitative estimate of drug-likeness (QED) is 0.767. The van der Waals surface area contributed by atoms with E-state index in [1.807, 2.05) is 0 Å². The highest BCUT2D eigenvalue weighted by Crippen LogP contribution is 2.32. The van der Waals surface area contributed by atoms with Crippen molar-refractivity contribution >= 4 is 40.8 Å². The summed E-state index contributed by atoms with van der Waals surface area (Å²) in [4.78, 5) is 10.5. The Morgan fingerprint density at radius 3 is 2.31 bits per heavy atom. The van der Waals surface area contributed by atoms with Crippen molar-refractivity contribution in [1.82, 2.24) is 0 Å². The topological polar surface area (TPSA) is 37.3 Å². The van der Waals surface area contributed by atoms with Gasteiger partial charge in [0.25, 0.3) is 0 Å². The third kappa shape index (κ3) is 1.88. The average Bonchev–Trinajstić information content (AvgIpc) is 2.01. The molecule has 2 nitrogen and oxygen atoms in total. The van der Waals surface area contributed by atoms with E-state index in [1.54, 1.807) is 0 Å². The standard InChI is InChI=1S/C7H2Cl3FO2/c8-2-1-3(9)6(11)4(5(2)10)7(12)13/h1H,(H,12,13). The second-order valence-electron chi connectivity index (χ2n) is 2.15. The van der Waals surface area contributed by atoms with Gasteiger partial charge in [-0.2, -0.15) is 0 Å². The van der Waals surface area contributed by atoms with Crippen molar-refractivity contribution in [2.75, 3.05) is 0 Å². The molecule has 0 aromatic heterocycles. The van der Waals surface area contributed by atoms with Crippen LogP contribution in [0.5, 0.6) is 0 Å². The van der Waals surface area contributed by atoms with E-state index in [4.69, 9.17) is 39.9 Å². The molecule has 0 aliphatic rings. The number of halogens is 4. The predicted molar refractivity (Wildman–Crippen MR) is 48.4 cm³/mol. The SMILES string of the molecule is O=C(O)c1c(F)c(Cl)cc(Cl)c1Cl. The normalized spacial score (nSPS) is 10.2. The number of hydrogen-bond donors (Lipinski definition) is 1. The van der Waals surface area contributed by atoms with Gasteiger partial charge in [-0.25, -0.2) is 9.18 Å². The number of carbonyl (C=O) groups is 1. The summed E-state index contributed by atoms with van der Waals surface area (Å²) in [6, 6.07) is 1.05. The van der Waals surface area contributed by atoms with E-state index < -0.39 is 17.3 Å². The molecule has 6 heteroatoms. The number of carboxylic acid groups (broad SMARTS) is 1. The van der Waals surface area contributed by atoms with Crippen LogP contribution in [0.3, 0.4) is 0 Å². The van der Waals surface area contributed by atoms with Crippen LogP contribution in [-0.4, -0.2) is 11.1 Å². The average molecular weight is 243 g/mol. The number of carboxylic acids is 1. The third-order valence-electron chi connectivity index (χ3n) is 1.33. The maximum absolute atomic E-state index is 13.0. The Balaban J connectivity index is 3.56. The third-order valence-corrected chi connectivity index (χ3v) is 2.39. The Labute approximate surface area is 87.8 Å². The van der Waals surface area contributed by atoms with Crippen molar-refractivity contribution in [3.63, 3.8) is 0 Å². The molecule has 0 fully saturated rings. The predicted octanol–water partition coefficient (Wildman–Crippen LogP) is 3.48. The second kappa shape index (κ2) is 3.70. The fourth-order valence-electron chi connectivity index (χ4n) is 0.761. The summed E-state index contributed by atoms with van der Waals surface area (Å²) in [6.07, 6.45) is 0. The number of aromatic carboxylic acids is 1. The van der Waals surface area contributed by atoms with Crippen molar-refractivity contribution < 1.29 is 14.3 Å². The van der Waals surface area contributed by atoms with Crippen LogP contribution >= 0.6 is 34.8 Å². The van der Waals surface area contributed by atoms with Crippen LogP contribution in [0.15, 0.2) is 6.07 Å². The molecule has 1 N–H and O–H groups in total. The molecule has 0 saturated carbocycles. The molecule has 0 amide bonds. The molecule has 0 unspecified atom stereocenters. The molecule has 0 saturated heterocycles. The highest BCUT2D eigenvalue weighted by atomic mass is 35.5. The number of hydrogen-bond acceptors (Lipinski definition) is 1. The Bertz CT molecular complexity index is 352. The van der Waals surface area contributed by atoms with E-state index in [9.17, 15) is 9.18 Å². The minimum atomic E-state index is -1.51. The first-order valence-electron chi connectivity index (χ1n) is 3.01. The van der Waals surface area contributed by atoms with Crippen LogP contribution in [0.2, 0.25) is 15.1 Å². The van der Waals surface area contributed by atoms with Crippen LogP contribution in [0.25, 0.3) is 0 Å². The van der Waals surface area contributed by atoms with E-state index in [2.05, 4.69) is 0 Å². The molecule has 0 spiro atoms. The Hall–Kier alpha value is -0.510. The molecule has 0 radical (unpaired) electrons. The molecule has 1 aromatic carbocycles. The molecule has 1 aromatic rings. The first-order valence-corrected chi connectivity index (χ1v) is 4.14. The lowest BCUT2D eigenvalue weighted by Gasteiger charge is -2.03. The van der Waals surface area contributed by atoms with Gasteiger partial charge in [0.15, 0.2) is 5.82 Å². The van der Waals surface area contributed by atoms with Gasteiger partial charge in [-0.1, -0.05) is 34.8 Å². The highest BCUT2D eigenvalue weighted by Gasteiger charge is 2.20. The molecule has 0 heterocycles. The highest BCUT2D eigenvalue weighted by molar-refractivity contribution is 6.45. The molecule has 70 valence electrons. The van der Waals surface area contributed by atoms with Crippen molar-refractivity contribution in [1.29, 1.82) is 0 Å². The second-order valence-corrected chi connectivity index (χ2v) is 3.34. The molecular formula is C7H2Cl3FO2. The van der Waals surface area contributed by atoms with Crippen LogP contribution in [0.4, 0.5) is 4.39 Å². The van der Waals surface area contributed by atoms with Gasteiger partial charge in [0.05, 0.1) is 15.1 Å². The molecule has 13 heavy (non-hydrogen) atoms. The lowest BCUT2D eigenvalue weighted by atomic mass is 10.2. The number of benzene rings is 1. The molecule has 0 atom stereocenters. The van der Waals surface area contributed by atoms with Gasteiger partial charge in [-0.3, -0.25) is 0 Å². The minimum absolute atomic E-state index is 0.0922. The maximum Gasteiger partial charge on any atom is 0.340 e. The van der Waals surface area contributed by atoms with Crippen molar-refractivity contribution in [2.24, 2.45) is 0 Å². The van der Waals surface area contributed by atoms with Crippen molar-refractivity contribution in [2.45, 2.75) is 0 Å². The maximum atomic E-state index is 13.0. The molecular weight excluding hydrogens is 241 g/mol. The van der Waals surface area contributed by atoms with Gasteiger partial charge >= 0.3 is 5.97 Å². The van der Waals surface area contributed by atoms with Gasteiger partial charge in [0.1, 0.15) is 5.56 Å². The van der Waals surface area contributed by atoms with Gasteiger partial charge in [-0.05, 0) is 6.07 Å². The summed E-state index contributed by atoms with van der Waals surface area (Å²) in [6.45, 7) is 0. The Kier molecular flexibility index (Phi) is 3.01. The van der Waals surface area contributed by atoms with Crippen LogP contribution in [0, 0.1) is 5.82 Å². The van der Waals surface area contributed by atoms with Gasteiger partial charge < -0.3 is 5.11 Å². The monoisotopic (exact) mass is 242 g/mol. The first kappa shape index (κ1) is 10.6. The molecule has 1 rings (SSSR count). The summed E-state index contributed by atoms with van der Waals surface area (Å²) < 4.78 is 13.0. The molecule has 0 aliphatic heterocycles. The minimum Gasteiger partial charge on any atom is -0.478 e. The van der Waals surface area contributed by atoms with Crippen LogP contribution in [-0.2, 0) is 0 Å². The van der Waals surface area contributed by atoms with Crippen LogP contribution in [0.1, 0.15) is 10.4 Å². The fourth-order valence-corrected chi connectivity index (χ4v) is 1.44. The zero-order chi connectivity index (χ0) is 10.2. The van der Waals surface area contributed by atoms with E-state index >= 15 is 0 Å². The lowest BCUT2D eigenvalue weighted by Crippen LogP contribution is -2.02.